The van der Waals surface area contributed by atoms with Gasteiger partial charge in [-0.3, -0.25) is 9.59 Å². The van der Waals surface area contributed by atoms with E-state index in [9.17, 15) is 9.59 Å². The minimum atomic E-state index is -0.575. The normalized spacial score (nSPS) is 11.0. The van der Waals surface area contributed by atoms with Crippen molar-refractivity contribution < 1.29 is 9.59 Å². The van der Waals surface area contributed by atoms with E-state index in [-0.39, 0.29) is 12.5 Å². The summed E-state index contributed by atoms with van der Waals surface area (Å²) in [6, 6.07) is 15.5. The predicted molar refractivity (Wildman–Crippen MR) is 115 cm³/mol. The Hall–Kier alpha value is -3.35. The molecule has 7 nitrogen and oxygen atoms in total. The molecule has 2 aromatic carbocycles. The molecule has 2 aromatic rings. The summed E-state index contributed by atoms with van der Waals surface area (Å²) in [4.78, 5) is 27.3. The molecule has 0 bridgehead atoms. The summed E-state index contributed by atoms with van der Waals surface area (Å²) in [7, 11) is 0. The summed E-state index contributed by atoms with van der Waals surface area (Å²) in [5, 5.41) is 9.08. The lowest BCUT2D eigenvalue weighted by molar-refractivity contribution is -0.117. The molecule has 0 spiro atoms. The molecule has 0 radical (unpaired) electrons. The maximum absolute atomic E-state index is 11.9. The number of rotatable bonds is 9. The van der Waals surface area contributed by atoms with Crippen LogP contribution in [-0.2, 0) is 24.3 Å². The molecule has 29 heavy (non-hydrogen) atoms. The quantitative estimate of drug-likeness (QED) is 0.383. The van der Waals surface area contributed by atoms with Gasteiger partial charge >= 0.3 is 0 Å². The molecular formula is C22H29N5O2. The zero-order valence-electron chi connectivity index (χ0n) is 17.0. The van der Waals surface area contributed by atoms with Crippen LogP contribution in [0.4, 0.5) is 0 Å². The summed E-state index contributed by atoms with van der Waals surface area (Å²) >= 11 is 0. The number of carbonyl (C=O) groups excluding carboxylic acids is 2. The molecule has 2 rings (SSSR count). The minimum Gasteiger partial charge on any atom is -0.368 e. The van der Waals surface area contributed by atoms with Crippen molar-refractivity contribution in [1.82, 2.24) is 16.0 Å². The van der Waals surface area contributed by atoms with Gasteiger partial charge in [-0.15, -0.1) is 0 Å². The number of benzene rings is 2. The van der Waals surface area contributed by atoms with Gasteiger partial charge in [0.05, 0.1) is 13.1 Å². The topological polar surface area (TPSA) is 109 Å². The second-order valence-corrected chi connectivity index (χ2v) is 6.52. The molecule has 0 aliphatic carbocycles. The first-order chi connectivity index (χ1) is 14.0. The molecule has 0 fully saturated rings. The first-order valence-electron chi connectivity index (χ1n) is 9.77. The summed E-state index contributed by atoms with van der Waals surface area (Å²) in [6.45, 7) is 5.94. The van der Waals surface area contributed by atoms with Gasteiger partial charge in [-0.25, -0.2) is 4.99 Å². The third-order valence-electron chi connectivity index (χ3n) is 4.35. The van der Waals surface area contributed by atoms with Crippen LogP contribution < -0.4 is 21.7 Å². The van der Waals surface area contributed by atoms with Crippen LogP contribution in [0.2, 0.25) is 0 Å². The maximum Gasteiger partial charge on any atom is 0.251 e. The van der Waals surface area contributed by atoms with Gasteiger partial charge in [0, 0.05) is 18.7 Å². The Labute approximate surface area is 171 Å². The van der Waals surface area contributed by atoms with E-state index < -0.39 is 5.91 Å². The van der Waals surface area contributed by atoms with Crippen molar-refractivity contribution in [2.45, 2.75) is 33.4 Å². The average molecular weight is 396 g/mol. The summed E-state index contributed by atoms with van der Waals surface area (Å²) in [6.07, 6.45) is 0.991. The van der Waals surface area contributed by atoms with Crippen molar-refractivity contribution >= 4 is 17.8 Å². The fraction of sp³-hybridized carbons (Fsp3) is 0.318. The van der Waals surface area contributed by atoms with Crippen molar-refractivity contribution in [2.24, 2.45) is 10.7 Å². The molecule has 0 saturated carbocycles. The number of nitrogens with one attached hydrogen (secondary N) is 3. The molecule has 2 amide bonds. The fourth-order valence-corrected chi connectivity index (χ4v) is 2.80. The number of nitrogens with two attached hydrogens (primary N) is 1. The highest BCUT2D eigenvalue weighted by Gasteiger charge is 2.06. The monoisotopic (exact) mass is 395 g/mol. The second kappa shape index (κ2) is 11.5. The summed E-state index contributed by atoms with van der Waals surface area (Å²) in [5.74, 6) is -0.167. The largest absolute Gasteiger partial charge is 0.368 e. The molecule has 154 valence electrons. The van der Waals surface area contributed by atoms with Gasteiger partial charge in [0.15, 0.2) is 5.96 Å². The molecule has 0 heterocycles. The SMILES string of the molecule is CCNC(=NCc1ccc(C(=O)NCC(N)=O)cc1)NCc1ccccc1CC. The number of amides is 2. The number of aryl methyl sites for hydroxylation is 1. The Bertz CT molecular complexity index is 847. The Morgan fingerprint density at radius 2 is 1.62 bits per heavy atom. The number of primary amides is 1. The highest BCUT2D eigenvalue weighted by Crippen LogP contribution is 2.09. The molecule has 0 aliphatic rings. The van der Waals surface area contributed by atoms with E-state index in [0.717, 1.165) is 24.5 Å². The second-order valence-electron chi connectivity index (χ2n) is 6.52. The Balaban J connectivity index is 1.97. The standard InChI is InChI=1S/C22H29N5O2/c1-3-17-7-5-6-8-19(17)14-27-22(24-4-2)26-13-16-9-11-18(12-10-16)21(29)25-15-20(23)28/h5-12H,3-4,13-15H2,1-2H3,(H2,23,28)(H,25,29)(H2,24,26,27). The van der Waals surface area contributed by atoms with E-state index in [2.05, 4.69) is 46.1 Å². The van der Waals surface area contributed by atoms with Gasteiger partial charge in [0.25, 0.3) is 5.91 Å². The summed E-state index contributed by atoms with van der Waals surface area (Å²) < 4.78 is 0. The van der Waals surface area contributed by atoms with Crippen LogP contribution in [0, 0.1) is 0 Å². The number of hydrogen-bond donors (Lipinski definition) is 4. The van der Waals surface area contributed by atoms with E-state index in [1.807, 2.05) is 25.1 Å². The first-order valence-corrected chi connectivity index (χ1v) is 9.77. The van der Waals surface area contributed by atoms with Crippen LogP contribution in [0.5, 0.6) is 0 Å². The lowest BCUT2D eigenvalue weighted by Crippen LogP contribution is -2.37. The van der Waals surface area contributed by atoms with Gasteiger partial charge in [-0.05, 0) is 42.2 Å². The molecule has 5 N–H and O–H groups in total. The third kappa shape index (κ3) is 7.29. The smallest absolute Gasteiger partial charge is 0.251 e. The zero-order chi connectivity index (χ0) is 21.1. The van der Waals surface area contributed by atoms with Crippen molar-refractivity contribution in [2.75, 3.05) is 13.1 Å². The van der Waals surface area contributed by atoms with Gasteiger partial charge in [-0.1, -0.05) is 43.3 Å². The number of nitrogens with zero attached hydrogens (tertiary/aromatic N) is 1. The van der Waals surface area contributed by atoms with E-state index >= 15 is 0 Å². The van der Waals surface area contributed by atoms with Crippen molar-refractivity contribution in [3.05, 3.63) is 70.8 Å². The minimum absolute atomic E-state index is 0.177. The van der Waals surface area contributed by atoms with Crippen LogP contribution in [0.15, 0.2) is 53.5 Å². The van der Waals surface area contributed by atoms with Gasteiger partial charge in [-0.2, -0.15) is 0 Å². The molecule has 0 atom stereocenters. The van der Waals surface area contributed by atoms with Gasteiger partial charge in [0.2, 0.25) is 5.91 Å². The Morgan fingerprint density at radius 1 is 0.931 bits per heavy atom. The zero-order valence-corrected chi connectivity index (χ0v) is 17.0. The highest BCUT2D eigenvalue weighted by molar-refractivity contribution is 5.96. The average Bonchev–Trinajstić information content (AvgIpc) is 2.74. The number of carbonyl (C=O) groups is 2. The molecule has 0 aromatic heterocycles. The molecule has 0 aliphatic heterocycles. The number of aliphatic imine (C=N–C) groups is 1. The highest BCUT2D eigenvalue weighted by atomic mass is 16.2. The molecule has 7 heteroatoms. The first kappa shape index (κ1) is 21.9. The van der Waals surface area contributed by atoms with Gasteiger partial charge < -0.3 is 21.7 Å². The van der Waals surface area contributed by atoms with Gasteiger partial charge in [0.1, 0.15) is 0 Å². The molecule has 0 saturated heterocycles. The van der Waals surface area contributed by atoms with Crippen molar-refractivity contribution in [3.63, 3.8) is 0 Å². The fourth-order valence-electron chi connectivity index (χ4n) is 2.80. The number of guanidine groups is 1. The van der Waals surface area contributed by atoms with Crippen molar-refractivity contribution in [1.29, 1.82) is 0 Å². The molecule has 0 unspecified atom stereocenters. The van der Waals surface area contributed by atoms with E-state index in [4.69, 9.17) is 5.73 Å². The van der Waals surface area contributed by atoms with E-state index in [1.165, 1.54) is 11.1 Å². The van der Waals surface area contributed by atoms with E-state index in [0.29, 0.717) is 18.7 Å². The van der Waals surface area contributed by atoms with E-state index in [1.54, 1.807) is 12.1 Å². The third-order valence-corrected chi connectivity index (χ3v) is 4.35. The lowest BCUT2D eigenvalue weighted by Gasteiger charge is -2.13. The van der Waals surface area contributed by atoms with Crippen molar-refractivity contribution in [3.8, 4) is 0 Å². The van der Waals surface area contributed by atoms with Crippen LogP contribution >= 0.6 is 0 Å². The van der Waals surface area contributed by atoms with Crippen LogP contribution in [0.3, 0.4) is 0 Å². The maximum atomic E-state index is 11.9. The van der Waals surface area contributed by atoms with Crippen LogP contribution in [0.1, 0.15) is 40.9 Å². The number of hydrogen-bond acceptors (Lipinski definition) is 3. The molecular weight excluding hydrogens is 366 g/mol. The van der Waals surface area contributed by atoms with Crippen LogP contribution in [-0.4, -0.2) is 30.9 Å². The Morgan fingerprint density at radius 3 is 2.24 bits per heavy atom. The summed E-state index contributed by atoms with van der Waals surface area (Å²) in [5.41, 5.74) is 9.06. The van der Waals surface area contributed by atoms with Crippen LogP contribution in [0.25, 0.3) is 0 Å². The predicted octanol–water partition coefficient (Wildman–Crippen LogP) is 1.72. The Kier molecular flexibility index (Phi) is 8.69. The lowest BCUT2D eigenvalue weighted by atomic mass is 10.1.